The van der Waals surface area contributed by atoms with Crippen LogP contribution in [0.1, 0.15) is 34.1 Å². The minimum atomic E-state index is 0.250. The number of halogens is 1. The molecule has 0 aliphatic heterocycles. The van der Waals surface area contributed by atoms with E-state index in [-0.39, 0.29) is 6.61 Å². The molecule has 0 saturated heterocycles. The van der Waals surface area contributed by atoms with Gasteiger partial charge in [0.15, 0.2) is 0 Å². The fourth-order valence-corrected chi connectivity index (χ4v) is 0.204. The molecule has 0 amide bonds. The van der Waals surface area contributed by atoms with Crippen molar-refractivity contribution in [1.29, 1.82) is 0 Å². The van der Waals surface area contributed by atoms with E-state index in [0.29, 0.717) is 0 Å². The van der Waals surface area contributed by atoms with Crippen LogP contribution in [0.2, 0.25) is 0 Å². The number of hydrogen-bond acceptors (Lipinski definition) is 2. The molecule has 0 atom stereocenters. The molecule has 0 aromatic carbocycles. The molecule has 12 heavy (non-hydrogen) atoms. The lowest BCUT2D eigenvalue weighted by Gasteiger charge is -1.86. The Bertz CT molecular complexity index is 39.5. The van der Waals surface area contributed by atoms with Crippen molar-refractivity contribution < 1.29 is 9.84 Å². The zero-order valence-electron chi connectivity index (χ0n) is 8.77. The quantitative estimate of drug-likeness (QED) is 0.772. The first kappa shape index (κ1) is 18.2. The Morgan fingerprint density at radius 1 is 1.08 bits per heavy atom. The molecule has 1 N–H and O–H groups in total. The minimum Gasteiger partial charge on any atom is -0.397 e. The second kappa shape index (κ2) is 30.1. The predicted octanol–water partition coefficient (Wildman–Crippen LogP) is 2.83. The molecule has 0 unspecified atom stereocenters. The average molecular weight is 243 g/mol. The maximum absolute atomic E-state index is 7.57. The van der Waals surface area contributed by atoms with Crippen LogP contribution in [0.5, 0.6) is 0 Å². The van der Waals surface area contributed by atoms with Crippen molar-refractivity contribution in [3.8, 4) is 0 Å². The fourth-order valence-electron chi connectivity index (χ4n) is 0.204. The highest BCUT2D eigenvalue weighted by atomic mass is 79.9. The van der Waals surface area contributed by atoms with Gasteiger partial charge >= 0.3 is 0 Å². The van der Waals surface area contributed by atoms with E-state index >= 15 is 0 Å². The first-order valence-corrected chi connectivity index (χ1v) is 5.61. The molecule has 0 spiro atoms. The van der Waals surface area contributed by atoms with E-state index in [1.165, 1.54) is 6.42 Å². The second-order valence-corrected chi connectivity index (χ2v) is 2.58. The van der Waals surface area contributed by atoms with Crippen LogP contribution in [0.4, 0.5) is 0 Å². The number of ether oxygens (including phenoxy) is 1. The zero-order chi connectivity index (χ0) is 10.2. The summed E-state index contributed by atoms with van der Waals surface area (Å²) in [5.74, 6) is 0. The summed E-state index contributed by atoms with van der Waals surface area (Å²) < 4.78 is 4.83. The molecule has 0 saturated carbocycles. The number of hydrogen-bond donors (Lipinski definition) is 1. The molecule has 0 fully saturated rings. The monoisotopic (exact) mass is 242 g/mol. The smallest absolute Gasteiger partial charge is 0.0437 e. The summed E-state index contributed by atoms with van der Waals surface area (Å²) in [6.45, 7) is 9.73. The maximum Gasteiger partial charge on any atom is 0.0437 e. The molecule has 0 aliphatic rings. The fraction of sp³-hybridized carbons (Fsp3) is 1.00. The predicted molar refractivity (Wildman–Crippen MR) is 59.0 cm³/mol. The van der Waals surface area contributed by atoms with Crippen molar-refractivity contribution >= 4 is 15.9 Å². The van der Waals surface area contributed by atoms with Gasteiger partial charge in [-0.2, -0.15) is 0 Å². The zero-order valence-corrected chi connectivity index (χ0v) is 10.4. The molecule has 2 nitrogen and oxygen atoms in total. The third-order valence-electron chi connectivity index (χ3n) is 0.597. The topological polar surface area (TPSA) is 29.5 Å². The molecule has 0 heterocycles. The van der Waals surface area contributed by atoms with E-state index in [0.717, 1.165) is 18.5 Å². The molecule has 0 bridgehead atoms. The van der Waals surface area contributed by atoms with Gasteiger partial charge in [-0.05, 0) is 27.2 Å². The van der Waals surface area contributed by atoms with E-state index in [2.05, 4.69) is 22.9 Å². The van der Waals surface area contributed by atoms with Crippen LogP contribution in [0.3, 0.4) is 0 Å². The van der Waals surface area contributed by atoms with Gasteiger partial charge in [-0.3, -0.25) is 0 Å². The molecular formula is C9H23BrO2. The van der Waals surface area contributed by atoms with Crippen molar-refractivity contribution in [2.45, 2.75) is 34.1 Å². The number of alkyl halides is 1. The lowest BCUT2D eigenvalue weighted by atomic mass is 10.6. The Morgan fingerprint density at radius 2 is 1.33 bits per heavy atom. The first-order chi connectivity index (χ1) is 5.74. The van der Waals surface area contributed by atoms with Gasteiger partial charge in [0.2, 0.25) is 0 Å². The molecule has 0 aromatic heterocycles. The first-order valence-electron chi connectivity index (χ1n) is 4.49. The standard InChI is InChI=1S/C4H10O.C3H7Br.C2H6O/c1-3-5-4-2;1-2-3-4;1-2-3/h3-4H2,1-2H3;2-3H2,1H3;3H,2H2,1H3. The van der Waals surface area contributed by atoms with Gasteiger partial charge in [0.05, 0.1) is 0 Å². The van der Waals surface area contributed by atoms with Gasteiger partial charge in [0, 0.05) is 25.2 Å². The van der Waals surface area contributed by atoms with Crippen molar-refractivity contribution in [2.24, 2.45) is 0 Å². The summed E-state index contributed by atoms with van der Waals surface area (Å²) in [5.41, 5.74) is 0. The summed E-state index contributed by atoms with van der Waals surface area (Å²) >= 11 is 3.25. The lowest BCUT2D eigenvalue weighted by Crippen LogP contribution is -1.84. The molecule has 0 aromatic rings. The molecule has 78 valence electrons. The van der Waals surface area contributed by atoms with Gasteiger partial charge in [0.25, 0.3) is 0 Å². The SMILES string of the molecule is CCCBr.CCO.CCOCC. The van der Waals surface area contributed by atoms with Crippen molar-refractivity contribution in [2.75, 3.05) is 25.2 Å². The third kappa shape index (κ3) is 79.5. The lowest BCUT2D eigenvalue weighted by molar-refractivity contribution is 0.162. The Balaban J connectivity index is -0.000000105. The number of aliphatic hydroxyl groups excluding tert-OH is 1. The summed E-state index contributed by atoms with van der Waals surface area (Å²) in [7, 11) is 0. The van der Waals surface area contributed by atoms with Crippen LogP contribution in [-0.2, 0) is 4.74 Å². The van der Waals surface area contributed by atoms with Crippen LogP contribution in [0.25, 0.3) is 0 Å². The average Bonchev–Trinajstić information content (AvgIpc) is 2.08. The van der Waals surface area contributed by atoms with E-state index in [9.17, 15) is 0 Å². The van der Waals surface area contributed by atoms with Gasteiger partial charge in [-0.25, -0.2) is 0 Å². The number of aliphatic hydroxyl groups is 1. The van der Waals surface area contributed by atoms with Gasteiger partial charge in [0.1, 0.15) is 0 Å². The van der Waals surface area contributed by atoms with Crippen LogP contribution >= 0.6 is 15.9 Å². The summed E-state index contributed by atoms with van der Waals surface area (Å²) in [5, 5.41) is 8.70. The van der Waals surface area contributed by atoms with Crippen LogP contribution in [0, 0.1) is 0 Å². The largest absolute Gasteiger partial charge is 0.397 e. The van der Waals surface area contributed by atoms with Crippen LogP contribution in [0.15, 0.2) is 0 Å². The van der Waals surface area contributed by atoms with Gasteiger partial charge in [-0.1, -0.05) is 22.9 Å². The Kier molecular flexibility index (Phi) is 45.8. The van der Waals surface area contributed by atoms with Crippen molar-refractivity contribution in [3.05, 3.63) is 0 Å². The molecule has 3 heteroatoms. The Labute approximate surface area is 85.4 Å². The second-order valence-electron chi connectivity index (χ2n) is 1.79. The highest BCUT2D eigenvalue weighted by molar-refractivity contribution is 9.09. The van der Waals surface area contributed by atoms with Crippen molar-refractivity contribution in [1.82, 2.24) is 0 Å². The van der Waals surface area contributed by atoms with Gasteiger partial charge in [-0.15, -0.1) is 0 Å². The molecule has 0 rings (SSSR count). The minimum absolute atomic E-state index is 0.250. The number of rotatable bonds is 3. The third-order valence-corrected chi connectivity index (χ3v) is 1.39. The normalized spacial score (nSPS) is 7.50. The Hall–Kier alpha value is 0.400. The summed E-state index contributed by atoms with van der Waals surface area (Å²) in [6.07, 6.45) is 1.24. The maximum atomic E-state index is 7.57. The summed E-state index contributed by atoms with van der Waals surface area (Å²) in [4.78, 5) is 0. The van der Waals surface area contributed by atoms with Crippen molar-refractivity contribution in [3.63, 3.8) is 0 Å². The van der Waals surface area contributed by atoms with E-state index < -0.39 is 0 Å². The van der Waals surface area contributed by atoms with E-state index in [4.69, 9.17) is 9.84 Å². The highest BCUT2D eigenvalue weighted by Crippen LogP contribution is 1.80. The highest BCUT2D eigenvalue weighted by Gasteiger charge is 1.64. The van der Waals surface area contributed by atoms with Crippen LogP contribution in [-0.4, -0.2) is 30.3 Å². The molecular weight excluding hydrogens is 220 g/mol. The molecule has 0 aliphatic carbocycles. The van der Waals surface area contributed by atoms with Crippen LogP contribution < -0.4 is 0 Å². The van der Waals surface area contributed by atoms with Gasteiger partial charge < -0.3 is 9.84 Å². The Morgan fingerprint density at radius 3 is 1.33 bits per heavy atom. The molecule has 0 radical (unpaired) electrons. The van der Waals surface area contributed by atoms with E-state index in [1.807, 2.05) is 13.8 Å². The van der Waals surface area contributed by atoms with E-state index in [1.54, 1.807) is 6.92 Å². The summed E-state index contributed by atoms with van der Waals surface area (Å²) in [6, 6.07) is 0.